The summed E-state index contributed by atoms with van der Waals surface area (Å²) in [6, 6.07) is -0.135. The second-order valence-electron chi connectivity index (χ2n) is 5.13. The number of hydrazine groups is 1. The van der Waals surface area contributed by atoms with E-state index in [1.54, 1.807) is 20.8 Å². The van der Waals surface area contributed by atoms with Gasteiger partial charge in [-0.15, -0.1) is 0 Å². The highest BCUT2D eigenvalue weighted by Gasteiger charge is 2.17. The van der Waals surface area contributed by atoms with Gasteiger partial charge < -0.3 is 4.74 Å². The smallest absolute Gasteiger partial charge is 0.422 e. The molecule has 0 bridgehead atoms. The molecule has 0 spiro atoms. The van der Waals surface area contributed by atoms with Gasteiger partial charge in [-0.05, 0) is 46.5 Å². The summed E-state index contributed by atoms with van der Waals surface area (Å²) in [6.07, 6.45) is 1.28. The van der Waals surface area contributed by atoms with Crippen LogP contribution in [0.5, 0.6) is 0 Å². The summed E-state index contributed by atoms with van der Waals surface area (Å²) >= 11 is 0. The normalized spacial score (nSPS) is 11.7. The Morgan fingerprint density at radius 2 is 1.67 bits per heavy atom. The summed E-state index contributed by atoms with van der Waals surface area (Å²) in [5.41, 5.74) is 4.58. The van der Waals surface area contributed by atoms with Crippen LogP contribution in [0, 0.1) is 0 Å². The van der Waals surface area contributed by atoms with Gasteiger partial charge in [0.25, 0.3) is 0 Å². The molecular weight excluding hydrogens is 242 g/mol. The molecule has 1 amide bonds. The number of hydrogen-bond acceptors (Lipinski definition) is 3. The van der Waals surface area contributed by atoms with Gasteiger partial charge >= 0.3 is 6.09 Å². The predicted octanol–water partition coefficient (Wildman–Crippen LogP) is 2.88. The van der Waals surface area contributed by atoms with Crippen molar-refractivity contribution in [1.29, 1.82) is 0 Å². The van der Waals surface area contributed by atoms with Gasteiger partial charge in [0, 0.05) is 6.04 Å². The quantitative estimate of drug-likeness (QED) is 0.664. The lowest BCUT2D eigenvalue weighted by Crippen LogP contribution is -2.46. The molecule has 0 aliphatic heterocycles. The van der Waals surface area contributed by atoms with Gasteiger partial charge in [-0.1, -0.05) is 0 Å². The molecule has 0 aromatic rings. The summed E-state index contributed by atoms with van der Waals surface area (Å²) in [5.74, 6) is 0. The number of hydrogen-bond donors (Lipinski definition) is 2. The van der Waals surface area contributed by atoms with Gasteiger partial charge in [0.1, 0.15) is 5.60 Å². The topological polar surface area (TPSA) is 50.4 Å². The van der Waals surface area contributed by atoms with E-state index in [2.05, 4.69) is 10.9 Å². The number of carbonyl (C=O) groups excluding carboxylic acids is 1. The minimum Gasteiger partial charge on any atom is -0.443 e. The maximum atomic E-state index is 12.1. The van der Waals surface area contributed by atoms with Crippen LogP contribution < -0.4 is 10.9 Å². The molecule has 4 nitrogen and oxygen atoms in total. The molecule has 0 aliphatic rings. The minimum absolute atomic E-state index is 0.135. The fourth-order valence-corrected chi connectivity index (χ4v) is 1.40. The van der Waals surface area contributed by atoms with Crippen LogP contribution in [0.2, 0.25) is 0 Å². The van der Waals surface area contributed by atoms with Crippen molar-refractivity contribution in [2.45, 2.75) is 58.1 Å². The first-order chi connectivity index (χ1) is 8.39. The Labute approximate surface area is 107 Å². The maximum Gasteiger partial charge on any atom is 0.422 e. The van der Waals surface area contributed by atoms with Crippen LogP contribution in [0.15, 0.2) is 0 Å². The summed E-state index contributed by atoms with van der Waals surface area (Å²) in [5, 5.41) is 0. The van der Waals surface area contributed by atoms with Gasteiger partial charge in [0.05, 0.1) is 13.3 Å². The van der Waals surface area contributed by atoms with Crippen molar-refractivity contribution in [2.24, 2.45) is 0 Å². The Morgan fingerprint density at radius 3 is 2.06 bits per heavy atom. The molecule has 0 rings (SSSR count). The summed E-state index contributed by atoms with van der Waals surface area (Å²) in [4.78, 5) is 11.4. The van der Waals surface area contributed by atoms with E-state index in [0.29, 0.717) is 25.7 Å². The molecule has 0 unspecified atom stereocenters. The first kappa shape index (κ1) is 17.1. The first-order valence-corrected chi connectivity index (χ1v) is 6.25. The lowest BCUT2D eigenvalue weighted by molar-refractivity contribution is 0.0484. The highest BCUT2D eigenvalue weighted by Crippen LogP contribution is 2.07. The fourth-order valence-electron chi connectivity index (χ4n) is 1.40. The summed E-state index contributed by atoms with van der Waals surface area (Å²) in [7, 11) is 0. The highest BCUT2D eigenvalue weighted by molar-refractivity contribution is 5.67. The summed E-state index contributed by atoms with van der Waals surface area (Å²) in [6.45, 7) is 4.45. The lowest BCUT2D eigenvalue weighted by Gasteiger charge is -2.22. The molecular formula is C12H24F2N2O2. The fraction of sp³-hybridized carbons (Fsp3) is 0.917. The number of nitrogens with one attached hydrogen (secondary N) is 2. The van der Waals surface area contributed by atoms with E-state index in [1.165, 1.54) is 0 Å². The lowest BCUT2D eigenvalue weighted by atomic mass is 10.1. The predicted molar refractivity (Wildman–Crippen MR) is 66.7 cm³/mol. The zero-order valence-corrected chi connectivity index (χ0v) is 11.4. The van der Waals surface area contributed by atoms with Gasteiger partial charge in [0.2, 0.25) is 0 Å². The molecule has 18 heavy (non-hydrogen) atoms. The second kappa shape index (κ2) is 9.08. The number of amides is 1. The van der Waals surface area contributed by atoms with Gasteiger partial charge in [0.15, 0.2) is 0 Å². The van der Waals surface area contributed by atoms with Crippen LogP contribution in [-0.2, 0) is 4.74 Å². The summed E-state index contributed by atoms with van der Waals surface area (Å²) < 4.78 is 29.2. The second-order valence-corrected chi connectivity index (χ2v) is 5.13. The zero-order valence-electron chi connectivity index (χ0n) is 11.4. The number of carbonyl (C=O) groups is 1. The number of halogens is 2. The van der Waals surface area contributed by atoms with Gasteiger partial charge in [-0.3, -0.25) is 14.2 Å². The van der Waals surface area contributed by atoms with Crippen LogP contribution in [0.25, 0.3) is 0 Å². The molecule has 0 heterocycles. The Kier molecular flexibility index (Phi) is 8.62. The van der Waals surface area contributed by atoms with E-state index in [1.807, 2.05) is 0 Å². The van der Waals surface area contributed by atoms with Gasteiger partial charge in [-0.2, -0.15) is 0 Å². The van der Waals surface area contributed by atoms with E-state index < -0.39 is 25.0 Å². The molecule has 0 aromatic heterocycles. The van der Waals surface area contributed by atoms with Crippen LogP contribution in [-0.4, -0.2) is 31.1 Å². The molecule has 108 valence electrons. The van der Waals surface area contributed by atoms with Crippen LogP contribution >= 0.6 is 0 Å². The molecule has 0 radical (unpaired) electrons. The van der Waals surface area contributed by atoms with Crippen molar-refractivity contribution < 1.29 is 18.3 Å². The monoisotopic (exact) mass is 266 g/mol. The largest absolute Gasteiger partial charge is 0.443 e. The van der Waals surface area contributed by atoms with E-state index in [0.717, 1.165) is 0 Å². The van der Waals surface area contributed by atoms with E-state index in [9.17, 15) is 13.6 Å². The Morgan fingerprint density at radius 1 is 1.17 bits per heavy atom. The Bertz CT molecular complexity index is 225. The van der Waals surface area contributed by atoms with Crippen LogP contribution in [0.1, 0.15) is 46.5 Å². The molecule has 0 aliphatic carbocycles. The third-order valence-corrected chi connectivity index (χ3v) is 2.15. The molecule has 6 heteroatoms. The van der Waals surface area contributed by atoms with Gasteiger partial charge in [-0.25, -0.2) is 10.2 Å². The van der Waals surface area contributed by atoms with Crippen LogP contribution in [0.4, 0.5) is 13.6 Å². The zero-order chi connectivity index (χ0) is 14.0. The van der Waals surface area contributed by atoms with Crippen molar-refractivity contribution in [3.8, 4) is 0 Å². The number of rotatable bonds is 8. The average Bonchev–Trinajstić information content (AvgIpc) is 2.25. The van der Waals surface area contributed by atoms with Crippen molar-refractivity contribution in [2.75, 3.05) is 13.3 Å². The van der Waals surface area contributed by atoms with Crippen molar-refractivity contribution in [3.05, 3.63) is 0 Å². The third kappa shape index (κ3) is 10.3. The molecule has 0 aromatic carbocycles. The molecule has 0 saturated carbocycles. The number of ether oxygens (including phenoxy) is 1. The first-order valence-electron chi connectivity index (χ1n) is 6.25. The Balaban J connectivity index is 3.96. The van der Waals surface area contributed by atoms with E-state index in [4.69, 9.17) is 4.74 Å². The minimum atomic E-state index is -0.590. The van der Waals surface area contributed by atoms with E-state index >= 15 is 0 Å². The number of alkyl halides is 2. The van der Waals surface area contributed by atoms with Crippen LogP contribution in [0.3, 0.4) is 0 Å². The molecule has 0 atom stereocenters. The van der Waals surface area contributed by atoms with E-state index in [-0.39, 0.29) is 6.04 Å². The molecule has 0 saturated heterocycles. The Hall–Kier alpha value is -0.910. The standard InChI is InChI=1S/C12H24F2N2O2/c1-12(2,3)18-11(17)16-15-10(6-4-8-13)7-5-9-14/h10,15H,4-9H2,1-3H3,(H,16,17). The average molecular weight is 266 g/mol. The molecule has 0 fully saturated rings. The molecule has 2 N–H and O–H groups in total. The maximum absolute atomic E-state index is 12.1. The highest BCUT2D eigenvalue weighted by atomic mass is 19.1. The van der Waals surface area contributed by atoms with Crippen molar-refractivity contribution in [1.82, 2.24) is 10.9 Å². The third-order valence-electron chi connectivity index (χ3n) is 2.15. The SMILES string of the molecule is CC(C)(C)OC(=O)NNC(CCCF)CCCF. The van der Waals surface area contributed by atoms with Crippen molar-refractivity contribution >= 4 is 6.09 Å². The van der Waals surface area contributed by atoms with Crippen molar-refractivity contribution in [3.63, 3.8) is 0 Å².